The van der Waals surface area contributed by atoms with Gasteiger partial charge in [-0.05, 0) is 20.3 Å². The number of carbonyl (C=O) groups is 1. The second kappa shape index (κ2) is 6.76. The second-order valence-electron chi connectivity index (χ2n) is 4.51. The zero-order valence-corrected chi connectivity index (χ0v) is 11.3. The van der Waals surface area contributed by atoms with Crippen molar-refractivity contribution in [3.63, 3.8) is 0 Å². The van der Waals surface area contributed by atoms with E-state index in [1.54, 1.807) is 4.90 Å². The van der Waals surface area contributed by atoms with Crippen LogP contribution in [0.1, 0.15) is 26.7 Å². The van der Waals surface area contributed by atoms with Crippen LogP contribution in [0.3, 0.4) is 0 Å². The molecular formula is C11H21N3O2S. The van der Waals surface area contributed by atoms with Crippen LogP contribution in [0, 0.1) is 0 Å². The molecule has 1 aliphatic rings. The standard InChI is InChI=1S/C11H21N3O2S/c1-8(2)14(5-3-10(12)17)11(15)13-9-4-6-16-7-9/h8-9H,3-7H2,1-2H3,(H2,12,17)(H,13,15). The van der Waals surface area contributed by atoms with Crippen molar-refractivity contribution in [2.75, 3.05) is 19.8 Å². The molecular weight excluding hydrogens is 238 g/mol. The summed E-state index contributed by atoms with van der Waals surface area (Å²) in [4.78, 5) is 14.2. The zero-order chi connectivity index (χ0) is 12.8. The molecule has 0 spiro atoms. The Morgan fingerprint density at radius 2 is 2.35 bits per heavy atom. The lowest BCUT2D eigenvalue weighted by Crippen LogP contribution is -2.48. The summed E-state index contributed by atoms with van der Waals surface area (Å²) in [6, 6.07) is 0.201. The van der Waals surface area contributed by atoms with Gasteiger partial charge in [0, 0.05) is 25.6 Å². The number of ether oxygens (including phenoxy) is 1. The van der Waals surface area contributed by atoms with E-state index in [1.165, 1.54) is 0 Å². The Hall–Kier alpha value is -0.880. The fraction of sp³-hybridized carbons (Fsp3) is 0.818. The van der Waals surface area contributed by atoms with E-state index in [4.69, 9.17) is 22.7 Å². The van der Waals surface area contributed by atoms with Gasteiger partial charge in [-0.2, -0.15) is 0 Å². The minimum atomic E-state index is -0.0632. The molecule has 17 heavy (non-hydrogen) atoms. The van der Waals surface area contributed by atoms with Crippen LogP contribution in [0.2, 0.25) is 0 Å². The highest BCUT2D eigenvalue weighted by atomic mass is 32.1. The van der Waals surface area contributed by atoms with Gasteiger partial charge in [0.1, 0.15) is 0 Å². The van der Waals surface area contributed by atoms with E-state index in [1.807, 2.05) is 13.8 Å². The van der Waals surface area contributed by atoms with Gasteiger partial charge < -0.3 is 20.7 Å². The van der Waals surface area contributed by atoms with Gasteiger partial charge in [0.15, 0.2) is 0 Å². The van der Waals surface area contributed by atoms with E-state index >= 15 is 0 Å². The SMILES string of the molecule is CC(C)N(CCC(N)=S)C(=O)NC1CCOC1. The summed E-state index contributed by atoms with van der Waals surface area (Å²) in [7, 11) is 0. The fourth-order valence-corrected chi connectivity index (χ4v) is 1.82. The van der Waals surface area contributed by atoms with E-state index in [0.29, 0.717) is 24.6 Å². The molecule has 6 heteroatoms. The van der Waals surface area contributed by atoms with Crippen LogP contribution in [0.15, 0.2) is 0 Å². The number of carbonyl (C=O) groups excluding carboxylic acids is 1. The van der Waals surface area contributed by atoms with E-state index in [9.17, 15) is 4.79 Å². The zero-order valence-electron chi connectivity index (χ0n) is 10.4. The van der Waals surface area contributed by atoms with Crippen molar-refractivity contribution in [1.29, 1.82) is 0 Å². The first-order chi connectivity index (χ1) is 8.00. The maximum atomic E-state index is 12.0. The minimum Gasteiger partial charge on any atom is -0.393 e. The lowest BCUT2D eigenvalue weighted by atomic mass is 10.2. The summed E-state index contributed by atoms with van der Waals surface area (Å²) >= 11 is 4.83. The molecule has 5 nitrogen and oxygen atoms in total. The van der Waals surface area contributed by atoms with Gasteiger partial charge in [0.2, 0.25) is 0 Å². The quantitative estimate of drug-likeness (QED) is 0.719. The number of nitrogens with one attached hydrogen (secondary N) is 1. The largest absolute Gasteiger partial charge is 0.393 e. The normalized spacial score (nSPS) is 19.4. The summed E-state index contributed by atoms with van der Waals surface area (Å²) in [6.07, 6.45) is 1.44. The van der Waals surface area contributed by atoms with E-state index < -0.39 is 0 Å². The van der Waals surface area contributed by atoms with Crippen LogP contribution < -0.4 is 11.1 Å². The number of hydrogen-bond donors (Lipinski definition) is 2. The summed E-state index contributed by atoms with van der Waals surface area (Å²) in [6.45, 7) is 5.84. The van der Waals surface area contributed by atoms with Gasteiger partial charge >= 0.3 is 6.03 Å². The average molecular weight is 259 g/mol. The number of urea groups is 1. The van der Waals surface area contributed by atoms with Gasteiger partial charge in [-0.1, -0.05) is 12.2 Å². The third kappa shape index (κ3) is 4.87. The molecule has 3 N–H and O–H groups in total. The minimum absolute atomic E-state index is 0.0632. The first-order valence-corrected chi connectivity index (χ1v) is 6.34. The Labute approximate surface area is 108 Å². The van der Waals surface area contributed by atoms with Crippen molar-refractivity contribution >= 4 is 23.2 Å². The molecule has 0 saturated carbocycles. The first kappa shape index (κ1) is 14.2. The molecule has 1 rings (SSSR count). The van der Waals surface area contributed by atoms with Crippen LogP contribution in [0.4, 0.5) is 4.79 Å². The van der Waals surface area contributed by atoms with Gasteiger partial charge in [-0.15, -0.1) is 0 Å². The lowest BCUT2D eigenvalue weighted by molar-refractivity contribution is 0.171. The molecule has 1 heterocycles. The van der Waals surface area contributed by atoms with Crippen LogP contribution in [0.5, 0.6) is 0 Å². The molecule has 0 aliphatic carbocycles. The Morgan fingerprint density at radius 1 is 1.65 bits per heavy atom. The Bertz CT molecular complexity index is 278. The molecule has 0 aromatic rings. The molecule has 1 atom stereocenters. The molecule has 1 fully saturated rings. The highest BCUT2D eigenvalue weighted by molar-refractivity contribution is 7.80. The average Bonchev–Trinajstić information content (AvgIpc) is 2.69. The highest BCUT2D eigenvalue weighted by Gasteiger charge is 2.22. The number of amides is 2. The Kier molecular flexibility index (Phi) is 5.64. The monoisotopic (exact) mass is 259 g/mol. The van der Waals surface area contributed by atoms with Crippen LogP contribution in [-0.4, -0.2) is 47.8 Å². The molecule has 0 radical (unpaired) electrons. The number of hydrogen-bond acceptors (Lipinski definition) is 3. The maximum absolute atomic E-state index is 12.0. The van der Waals surface area contributed by atoms with Gasteiger partial charge in [0.05, 0.1) is 17.6 Å². The topological polar surface area (TPSA) is 67.6 Å². The summed E-state index contributed by atoms with van der Waals surface area (Å²) in [5, 5.41) is 2.96. The molecule has 1 unspecified atom stereocenters. The van der Waals surface area contributed by atoms with Crippen molar-refractivity contribution < 1.29 is 9.53 Å². The van der Waals surface area contributed by atoms with Crippen molar-refractivity contribution in [3.8, 4) is 0 Å². The summed E-state index contributed by atoms with van der Waals surface area (Å²) in [5.41, 5.74) is 5.46. The third-order valence-corrected chi connectivity index (χ3v) is 2.94. The summed E-state index contributed by atoms with van der Waals surface area (Å²) < 4.78 is 5.22. The lowest BCUT2D eigenvalue weighted by Gasteiger charge is -2.28. The van der Waals surface area contributed by atoms with Crippen molar-refractivity contribution in [1.82, 2.24) is 10.2 Å². The maximum Gasteiger partial charge on any atom is 0.317 e. The molecule has 0 bridgehead atoms. The molecule has 1 saturated heterocycles. The third-order valence-electron chi connectivity index (χ3n) is 2.74. The van der Waals surface area contributed by atoms with Crippen molar-refractivity contribution in [3.05, 3.63) is 0 Å². The molecule has 98 valence electrons. The van der Waals surface area contributed by atoms with Crippen molar-refractivity contribution in [2.24, 2.45) is 5.73 Å². The van der Waals surface area contributed by atoms with E-state index in [2.05, 4.69) is 5.32 Å². The number of rotatable bonds is 5. The number of nitrogens with zero attached hydrogens (tertiary/aromatic N) is 1. The van der Waals surface area contributed by atoms with Gasteiger partial charge in [0.25, 0.3) is 0 Å². The van der Waals surface area contributed by atoms with E-state index in [-0.39, 0.29) is 18.1 Å². The van der Waals surface area contributed by atoms with E-state index in [0.717, 1.165) is 13.0 Å². The Morgan fingerprint density at radius 3 is 2.82 bits per heavy atom. The predicted molar refractivity (Wildman–Crippen MR) is 71.0 cm³/mol. The van der Waals surface area contributed by atoms with Crippen molar-refractivity contribution in [2.45, 2.75) is 38.8 Å². The number of thiocarbonyl (C=S) groups is 1. The predicted octanol–water partition coefficient (Wildman–Crippen LogP) is 0.871. The molecule has 1 aliphatic heterocycles. The fourth-order valence-electron chi connectivity index (χ4n) is 1.73. The van der Waals surface area contributed by atoms with Gasteiger partial charge in [-0.25, -0.2) is 4.79 Å². The van der Waals surface area contributed by atoms with Crippen LogP contribution in [0.25, 0.3) is 0 Å². The van der Waals surface area contributed by atoms with Gasteiger partial charge in [-0.3, -0.25) is 0 Å². The molecule has 0 aromatic carbocycles. The molecule has 2 amide bonds. The first-order valence-electron chi connectivity index (χ1n) is 5.94. The highest BCUT2D eigenvalue weighted by Crippen LogP contribution is 2.06. The second-order valence-corrected chi connectivity index (χ2v) is 5.04. The smallest absolute Gasteiger partial charge is 0.317 e. The molecule has 0 aromatic heterocycles. The van der Waals surface area contributed by atoms with Crippen LogP contribution >= 0.6 is 12.2 Å². The van der Waals surface area contributed by atoms with Crippen LogP contribution in [-0.2, 0) is 4.74 Å². The number of nitrogens with two attached hydrogens (primary N) is 1. The Balaban J connectivity index is 2.44. The summed E-state index contributed by atoms with van der Waals surface area (Å²) in [5.74, 6) is 0.